The highest BCUT2D eigenvalue weighted by atomic mass is 16.7. The van der Waals surface area contributed by atoms with Crippen LogP contribution >= 0.6 is 0 Å². The molecule has 2 rings (SSSR count). The molecule has 0 N–H and O–H groups in total. The summed E-state index contributed by atoms with van der Waals surface area (Å²) in [5.41, 5.74) is -1.83. The molecule has 1 fully saturated rings. The zero-order chi connectivity index (χ0) is 33.8. The summed E-state index contributed by atoms with van der Waals surface area (Å²) in [4.78, 5) is 57.2. The number of rotatable bonds is 7. The summed E-state index contributed by atoms with van der Waals surface area (Å²) in [6, 6.07) is 7.58. The highest BCUT2D eigenvalue weighted by Crippen LogP contribution is 2.34. The van der Waals surface area contributed by atoms with E-state index in [4.69, 9.17) is 23.7 Å². The van der Waals surface area contributed by atoms with Crippen LogP contribution in [-0.4, -0.2) is 67.3 Å². The van der Waals surface area contributed by atoms with E-state index in [-0.39, 0.29) is 6.61 Å². The molecule has 0 spiro atoms. The molecular formula is C34H51NO9. The minimum Gasteiger partial charge on any atom is -0.462 e. The van der Waals surface area contributed by atoms with E-state index in [9.17, 15) is 19.2 Å². The van der Waals surface area contributed by atoms with Crippen molar-refractivity contribution in [1.29, 1.82) is 0 Å². The zero-order valence-electron chi connectivity index (χ0n) is 28.6. The van der Waals surface area contributed by atoms with Gasteiger partial charge in [0.2, 0.25) is 0 Å². The molecule has 0 amide bonds. The lowest BCUT2D eigenvalue weighted by molar-refractivity contribution is -0.258. The summed E-state index contributed by atoms with van der Waals surface area (Å²) in [5, 5.41) is 0. The van der Waals surface area contributed by atoms with Gasteiger partial charge in [-0.25, -0.2) is 0 Å². The Labute approximate surface area is 262 Å². The van der Waals surface area contributed by atoms with Crippen molar-refractivity contribution in [2.24, 2.45) is 26.7 Å². The van der Waals surface area contributed by atoms with Crippen LogP contribution < -0.4 is 0 Å². The zero-order valence-corrected chi connectivity index (χ0v) is 28.6. The number of aryl methyl sites for hydroxylation is 1. The normalized spacial score (nSPS) is 23.2. The van der Waals surface area contributed by atoms with Gasteiger partial charge in [-0.2, -0.15) is 0 Å². The van der Waals surface area contributed by atoms with Crippen LogP contribution in [0.5, 0.6) is 0 Å². The number of ether oxygens (including phenoxy) is 5. The minimum atomic E-state index is -1.34. The summed E-state index contributed by atoms with van der Waals surface area (Å²) in [6.07, 6.45) is -4.71. The third kappa shape index (κ3) is 10.4. The van der Waals surface area contributed by atoms with E-state index in [1.807, 2.05) is 31.2 Å². The Morgan fingerprint density at radius 1 is 0.659 bits per heavy atom. The number of carbonyl (C=O) groups excluding carboxylic acids is 4. The van der Waals surface area contributed by atoms with E-state index in [0.29, 0.717) is 0 Å². The van der Waals surface area contributed by atoms with Crippen molar-refractivity contribution in [3.8, 4) is 0 Å². The summed E-state index contributed by atoms with van der Waals surface area (Å²) in [6.45, 7) is 21.9. The molecule has 0 aromatic heterocycles. The first kappa shape index (κ1) is 36.9. The number of benzene rings is 1. The third-order valence-electron chi connectivity index (χ3n) is 6.61. The minimum absolute atomic E-state index is 0.335. The molecular weight excluding hydrogens is 566 g/mol. The summed E-state index contributed by atoms with van der Waals surface area (Å²) >= 11 is 0. The van der Waals surface area contributed by atoms with Crippen LogP contribution in [-0.2, 0) is 42.9 Å². The molecule has 1 aromatic carbocycles. The van der Waals surface area contributed by atoms with Gasteiger partial charge in [-0.1, -0.05) is 29.8 Å². The number of hydrogen-bond donors (Lipinski definition) is 0. The Morgan fingerprint density at radius 2 is 1.07 bits per heavy atom. The van der Waals surface area contributed by atoms with E-state index in [1.54, 1.807) is 89.3 Å². The summed E-state index contributed by atoms with van der Waals surface area (Å²) < 4.78 is 29.9. The van der Waals surface area contributed by atoms with Crippen LogP contribution in [0.15, 0.2) is 29.3 Å². The second-order valence-corrected chi connectivity index (χ2v) is 15.5. The van der Waals surface area contributed by atoms with Gasteiger partial charge >= 0.3 is 23.9 Å². The number of esters is 4. The Morgan fingerprint density at radius 3 is 1.50 bits per heavy atom. The smallest absolute Gasteiger partial charge is 0.311 e. The van der Waals surface area contributed by atoms with E-state index >= 15 is 0 Å². The highest BCUT2D eigenvalue weighted by molar-refractivity contribution is 5.80. The van der Waals surface area contributed by atoms with Gasteiger partial charge in [0, 0.05) is 6.21 Å². The molecule has 10 heteroatoms. The molecule has 5 atom stereocenters. The monoisotopic (exact) mass is 617 g/mol. The number of hydrogen-bond acceptors (Lipinski definition) is 10. The SMILES string of the molecule is Cc1ccc(C=N[C@@H]2OC(COC(=O)C(C)(C)C)[C@@H](OC(=O)C(C)(C)C)[C@@H](OC(=O)C(C)(C)C)C2OC(=O)C(C)(C)C)cc1. The molecule has 2 unspecified atom stereocenters. The maximum atomic E-state index is 13.3. The average molecular weight is 618 g/mol. The Hall–Kier alpha value is -3.27. The topological polar surface area (TPSA) is 127 Å². The van der Waals surface area contributed by atoms with Gasteiger partial charge in [0.05, 0.1) is 21.7 Å². The largest absolute Gasteiger partial charge is 0.462 e. The molecule has 1 aromatic rings. The fourth-order valence-electron chi connectivity index (χ4n) is 3.64. The molecule has 246 valence electrons. The maximum absolute atomic E-state index is 13.3. The van der Waals surface area contributed by atoms with Gasteiger partial charge in [0.25, 0.3) is 0 Å². The van der Waals surface area contributed by atoms with Crippen molar-refractivity contribution in [3.05, 3.63) is 35.4 Å². The van der Waals surface area contributed by atoms with E-state index in [1.165, 1.54) is 0 Å². The number of nitrogens with zero attached hydrogens (tertiary/aromatic N) is 1. The lowest BCUT2D eigenvalue weighted by atomic mass is 9.92. The molecule has 0 bridgehead atoms. The van der Waals surface area contributed by atoms with Crippen LogP contribution in [0.3, 0.4) is 0 Å². The Balaban J connectivity index is 2.71. The number of carbonyl (C=O) groups is 4. The van der Waals surface area contributed by atoms with Crippen LogP contribution in [0.1, 0.15) is 94.2 Å². The summed E-state index contributed by atoms with van der Waals surface area (Å²) in [5.74, 6) is -2.34. The number of aliphatic imine (C=N–C) groups is 1. The lowest BCUT2D eigenvalue weighted by Gasteiger charge is -2.45. The standard InChI is InChI=1S/C34H51NO9/c1-20-14-16-21(17-15-20)18-35-26-25(44-30(39)34(11,12)13)24(43-29(38)33(8,9)10)23(42-28(37)32(5,6)7)22(41-26)19-40-27(36)31(2,3)4/h14-18,22-26H,19H2,1-13H3/t22?,23-,24-,25?,26-/m1/s1. The molecule has 10 nitrogen and oxygen atoms in total. The average Bonchev–Trinajstić information content (AvgIpc) is 2.87. The second-order valence-electron chi connectivity index (χ2n) is 15.5. The van der Waals surface area contributed by atoms with Gasteiger partial charge in [0.1, 0.15) is 12.7 Å². The molecule has 0 radical (unpaired) electrons. The first-order valence-electron chi connectivity index (χ1n) is 15.0. The second kappa shape index (κ2) is 13.8. The van der Waals surface area contributed by atoms with E-state index in [0.717, 1.165) is 11.1 Å². The molecule has 0 saturated carbocycles. The fourth-order valence-corrected chi connectivity index (χ4v) is 3.64. The van der Waals surface area contributed by atoms with Crippen LogP contribution in [0.2, 0.25) is 0 Å². The van der Waals surface area contributed by atoms with Gasteiger partial charge in [-0.05, 0) is 95.6 Å². The molecule has 44 heavy (non-hydrogen) atoms. The maximum Gasteiger partial charge on any atom is 0.311 e. The summed E-state index contributed by atoms with van der Waals surface area (Å²) in [7, 11) is 0. The molecule has 1 saturated heterocycles. The molecule has 1 aliphatic heterocycles. The van der Waals surface area contributed by atoms with Gasteiger partial charge < -0.3 is 23.7 Å². The quantitative estimate of drug-likeness (QED) is 0.218. The Bertz CT molecular complexity index is 1210. The highest BCUT2D eigenvalue weighted by Gasteiger charge is 2.54. The van der Waals surface area contributed by atoms with Crippen molar-refractivity contribution in [2.45, 2.75) is 121 Å². The van der Waals surface area contributed by atoms with Gasteiger partial charge in [0.15, 0.2) is 24.5 Å². The first-order chi connectivity index (χ1) is 19.9. The van der Waals surface area contributed by atoms with E-state index < -0.39 is 76.2 Å². The van der Waals surface area contributed by atoms with Crippen LogP contribution in [0.4, 0.5) is 0 Å². The predicted octanol–water partition coefficient (Wildman–Crippen LogP) is 5.60. The van der Waals surface area contributed by atoms with Crippen molar-refractivity contribution in [2.75, 3.05) is 6.61 Å². The first-order valence-corrected chi connectivity index (χ1v) is 15.0. The van der Waals surface area contributed by atoms with Crippen molar-refractivity contribution < 1.29 is 42.9 Å². The van der Waals surface area contributed by atoms with Crippen molar-refractivity contribution in [1.82, 2.24) is 0 Å². The van der Waals surface area contributed by atoms with E-state index in [2.05, 4.69) is 4.99 Å². The molecule has 1 aliphatic rings. The van der Waals surface area contributed by atoms with Crippen molar-refractivity contribution in [3.63, 3.8) is 0 Å². The molecule has 0 aliphatic carbocycles. The van der Waals surface area contributed by atoms with Crippen LogP contribution in [0, 0.1) is 28.6 Å². The fraction of sp³-hybridized carbons (Fsp3) is 0.676. The Kier molecular flexibility index (Phi) is 11.6. The van der Waals surface area contributed by atoms with Gasteiger partial charge in [-0.3, -0.25) is 24.2 Å². The van der Waals surface area contributed by atoms with Gasteiger partial charge in [-0.15, -0.1) is 0 Å². The van der Waals surface area contributed by atoms with Crippen LogP contribution in [0.25, 0.3) is 0 Å². The predicted molar refractivity (Wildman–Crippen MR) is 166 cm³/mol. The lowest BCUT2D eigenvalue weighted by Crippen LogP contribution is -2.63. The molecule has 1 heterocycles. The van der Waals surface area contributed by atoms with Crippen molar-refractivity contribution >= 4 is 30.1 Å². The third-order valence-corrected chi connectivity index (χ3v) is 6.61.